The Kier molecular flexibility index (Phi) is 71.2. The predicted octanol–water partition coefficient (Wildman–Crippen LogP) is 24.3. The second-order valence-corrected chi connectivity index (χ2v) is 33.0. The van der Waals surface area contributed by atoms with E-state index in [2.05, 4.69) is 41.5 Å². The van der Waals surface area contributed by atoms with E-state index in [1.807, 2.05) is 0 Å². The van der Waals surface area contributed by atoms with E-state index in [9.17, 15) is 43.2 Å². The Bertz CT molecular complexity index is 1920. The summed E-state index contributed by atoms with van der Waals surface area (Å²) < 4.78 is 68.8. The first kappa shape index (κ1) is 98.1. The Hall–Kier alpha value is -1.94. The van der Waals surface area contributed by atoms with Gasteiger partial charge in [-0.1, -0.05) is 375 Å². The number of hydrogen-bond donors (Lipinski definition) is 3. The van der Waals surface area contributed by atoms with E-state index in [-0.39, 0.29) is 25.7 Å². The van der Waals surface area contributed by atoms with Gasteiger partial charge in [-0.2, -0.15) is 0 Å². The first-order chi connectivity index (χ1) is 48.4. The fourth-order valence-corrected chi connectivity index (χ4v) is 14.1. The lowest BCUT2D eigenvalue weighted by Crippen LogP contribution is -2.30. The molecule has 17 nitrogen and oxygen atoms in total. The third-order valence-corrected chi connectivity index (χ3v) is 20.9. The Morgan fingerprint density at radius 2 is 0.460 bits per heavy atom. The van der Waals surface area contributed by atoms with Gasteiger partial charge in [0.1, 0.15) is 19.3 Å². The Morgan fingerprint density at radius 1 is 0.270 bits per heavy atom. The van der Waals surface area contributed by atoms with Crippen molar-refractivity contribution in [1.82, 2.24) is 0 Å². The monoisotopic (exact) mass is 1470 g/mol. The molecule has 0 aliphatic carbocycles. The topological polar surface area (TPSA) is 237 Å². The van der Waals surface area contributed by atoms with E-state index in [1.165, 1.54) is 244 Å². The van der Waals surface area contributed by atoms with Crippen LogP contribution in [0.4, 0.5) is 0 Å². The quantitative estimate of drug-likeness (QED) is 0.0222. The number of aliphatic hydroxyl groups is 1. The summed E-state index contributed by atoms with van der Waals surface area (Å²) in [6.45, 7) is 9.67. The predicted molar refractivity (Wildman–Crippen MR) is 409 cm³/mol. The molecule has 19 heteroatoms. The van der Waals surface area contributed by atoms with Crippen LogP contribution in [0.1, 0.15) is 427 Å². The molecule has 0 fully saturated rings. The van der Waals surface area contributed by atoms with Crippen molar-refractivity contribution in [3.8, 4) is 0 Å². The lowest BCUT2D eigenvalue weighted by atomic mass is 10.0. The molecular weight excluding hydrogens is 1310 g/mol. The number of ether oxygens (including phenoxy) is 4. The highest BCUT2D eigenvalue weighted by Crippen LogP contribution is 2.45. The van der Waals surface area contributed by atoms with Crippen molar-refractivity contribution in [1.29, 1.82) is 0 Å². The Morgan fingerprint density at radius 3 is 0.680 bits per heavy atom. The van der Waals surface area contributed by atoms with Crippen LogP contribution >= 0.6 is 15.6 Å². The van der Waals surface area contributed by atoms with Crippen molar-refractivity contribution >= 4 is 39.5 Å². The SMILES string of the molecule is CCCCCCCCCCCCCCCCCC(=O)OC[C@H](COP(=O)(O)OC[C@@H](O)COP(=O)(O)OC[C@@H](COC(=O)CCCCCCCCCCCCCCC)OC(=O)CCCCCCCCCCCCCC(C)C)OC(=O)CCCCCCCCCCCCCCCCCC(C)C. The van der Waals surface area contributed by atoms with Crippen LogP contribution in [0, 0.1) is 11.8 Å². The van der Waals surface area contributed by atoms with E-state index in [0.29, 0.717) is 25.7 Å². The highest BCUT2D eigenvalue weighted by molar-refractivity contribution is 7.47. The van der Waals surface area contributed by atoms with Crippen LogP contribution in [0.2, 0.25) is 0 Å². The molecule has 0 radical (unpaired) electrons. The van der Waals surface area contributed by atoms with Crippen molar-refractivity contribution in [3.63, 3.8) is 0 Å². The van der Waals surface area contributed by atoms with Gasteiger partial charge in [0, 0.05) is 25.7 Å². The summed E-state index contributed by atoms with van der Waals surface area (Å²) in [5, 5.41) is 10.6. The van der Waals surface area contributed by atoms with Crippen LogP contribution < -0.4 is 0 Å². The van der Waals surface area contributed by atoms with Crippen LogP contribution in [-0.4, -0.2) is 96.7 Å². The largest absolute Gasteiger partial charge is 0.472 e. The number of carbonyl (C=O) groups excluding carboxylic acids is 4. The smallest absolute Gasteiger partial charge is 0.462 e. The zero-order valence-corrected chi connectivity index (χ0v) is 67.3. The summed E-state index contributed by atoms with van der Waals surface area (Å²) in [5.41, 5.74) is 0. The fourth-order valence-electron chi connectivity index (χ4n) is 12.5. The van der Waals surface area contributed by atoms with Gasteiger partial charge in [0.2, 0.25) is 0 Å². The van der Waals surface area contributed by atoms with Gasteiger partial charge < -0.3 is 33.8 Å². The molecule has 0 aromatic heterocycles. The lowest BCUT2D eigenvalue weighted by molar-refractivity contribution is -0.161. The molecule has 0 heterocycles. The van der Waals surface area contributed by atoms with E-state index >= 15 is 0 Å². The molecule has 0 spiro atoms. The number of aliphatic hydroxyl groups excluding tert-OH is 1. The Labute approximate surface area is 613 Å². The summed E-state index contributed by atoms with van der Waals surface area (Å²) in [6.07, 6.45) is 62.2. The minimum absolute atomic E-state index is 0.107. The molecule has 100 heavy (non-hydrogen) atoms. The average molecular weight is 1470 g/mol. The molecular formula is C81H158O17P2. The molecule has 0 aromatic carbocycles. The molecule has 0 saturated carbocycles. The van der Waals surface area contributed by atoms with Crippen molar-refractivity contribution < 1.29 is 80.2 Å². The number of phosphoric acid groups is 2. The summed E-state index contributed by atoms with van der Waals surface area (Å²) in [6, 6.07) is 0. The van der Waals surface area contributed by atoms with Gasteiger partial charge in [-0.3, -0.25) is 37.3 Å². The molecule has 5 atom stereocenters. The van der Waals surface area contributed by atoms with Crippen molar-refractivity contribution in [2.45, 2.75) is 445 Å². The van der Waals surface area contributed by atoms with E-state index < -0.39 is 97.5 Å². The number of esters is 4. The van der Waals surface area contributed by atoms with Gasteiger partial charge in [-0.05, 0) is 37.5 Å². The maximum atomic E-state index is 13.1. The number of unbranched alkanes of at least 4 members (excludes halogenated alkanes) is 50. The highest BCUT2D eigenvalue weighted by atomic mass is 31.2. The van der Waals surface area contributed by atoms with Crippen molar-refractivity contribution in [3.05, 3.63) is 0 Å². The summed E-state index contributed by atoms with van der Waals surface area (Å²) >= 11 is 0. The number of carbonyl (C=O) groups is 4. The zero-order valence-electron chi connectivity index (χ0n) is 65.5. The number of phosphoric ester groups is 2. The van der Waals surface area contributed by atoms with Crippen LogP contribution in [0.15, 0.2) is 0 Å². The first-order valence-corrected chi connectivity index (χ1v) is 45.0. The van der Waals surface area contributed by atoms with Gasteiger partial charge in [0.25, 0.3) is 0 Å². The number of rotatable bonds is 80. The molecule has 0 aromatic rings. The second-order valence-electron chi connectivity index (χ2n) is 30.1. The average Bonchev–Trinajstić information content (AvgIpc) is 3.52. The summed E-state index contributed by atoms with van der Waals surface area (Å²) in [5.74, 6) is -0.538. The first-order valence-electron chi connectivity index (χ1n) is 42.0. The zero-order chi connectivity index (χ0) is 73.5. The van der Waals surface area contributed by atoms with E-state index in [0.717, 1.165) is 102 Å². The van der Waals surface area contributed by atoms with Crippen molar-refractivity contribution in [2.24, 2.45) is 11.8 Å². The minimum Gasteiger partial charge on any atom is -0.462 e. The molecule has 0 rings (SSSR count). The molecule has 594 valence electrons. The third kappa shape index (κ3) is 74.3. The maximum absolute atomic E-state index is 13.1. The van der Waals surface area contributed by atoms with Gasteiger partial charge in [-0.15, -0.1) is 0 Å². The van der Waals surface area contributed by atoms with Gasteiger partial charge in [0.15, 0.2) is 12.2 Å². The lowest BCUT2D eigenvalue weighted by Gasteiger charge is -2.21. The van der Waals surface area contributed by atoms with Crippen molar-refractivity contribution in [2.75, 3.05) is 39.6 Å². The fraction of sp³-hybridized carbons (Fsp3) is 0.951. The second kappa shape index (κ2) is 72.6. The van der Waals surface area contributed by atoms with E-state index in [1.54, 1.807) is 0 Å². The molecule has 3 N–H and O–H groups in total. The molecule has 0 saturated heterocycles. The molecule has 0 bridgehead atoms. The van der Waals surface area contributed by atoms with E-state index in [4.69, 9.17) is 37.0 Å². The van der Waals surface area contributed by atoms with Crippen LogP contribution in [0.5, 0.6) is 0 Å². The molecule has 0 aliphatic heterocycles. The normalized spacial score (nSPS) is 13.9. The van der Waals surface area contributed by atoms with Crippen LogP contribution in [0.25, 0.3) is 0 Å². The Balaban J connectivity index is 5.27. The standard InChI is InChI=1S/C81H158O17P2/c1-7-9-11-13-15-17-19-21-23-28-34-40-46-52-58-64-79(84)92-69-76(97-80(85)65-59-53-47-41-35-29-25-22-24-27-31-37-43-49-55-61-73(3)4)71-95-99(87,88)93-67-75(82)68-94-100(89,90)96-72-77(70-91-78(83)63-57-51-45-39-33-26-20-18-16-14-12-10-8-2)98-81(86)66-60-54-48-42-36-30-32-38-44-50-56-62-74(5)6/h73-77,82H,7-72H2,1-6H3,(H,87,88)(H,89,90)/t75-,76-,77-/m1/s1. The third-order valence-electron chi connectivity index (χ3n) is 19.0. The van der Waals surface area contributed by atoms with Crippen LogP contribution in [-0.2, 0) is 65.4 Å². The summed E-state index contributed by atoms with van der Waals surface area (Å²) in [7, 11) is -9.92. The minimum atomic E-state index is -4.96. The van der Waals surface area contributed by atoms with Gasteiger partial charge >= 0.3 is 39.5 Å². The highest BCUT2D eigenvalue weighted by Gasteiger charge is 2.30. The van der Waals surface area contributed by atoms with Gasteiger partial charge in [0.05, 0.1) is 26.4 Å². The summed E-state index contributed by atoms with van der Waals surface area (Å²) in [4.78, 5) is 73.1. The number of hydrogen-bond acceptors (Lipinski definition) is 15. The molecule has 0 amide bonds. The molecule has 2 unspecified atom stereocenters. The van der Waals surface area contributed by atoms with Gasteiger partial charge in [-0.25, -0.2) is 9.13 Å². The molecule has 0 aliphatic rings. The van der Waals surface area contributed by atoms with Crippen LogP contribution in [0.3, 0.4) is 0 Å². The maximum Gasteiger partial charge on any atom is 0.472 e.